The van der Waals surface area contributed by atoms with E-state index < -0.39 is 67.1 Å². The molecule has 0 unspecified atom stereocenters. The summed E-state index contributed by atoms with van der Waals surface area (Å²) < 4.78 is 239. The van der Waals surface area contributed by atoms with Crippen LogP contribution in [0.2, 0.25) is 0 Å². The molecule has 0 radical (unpaired) electrons. The van der Waals surface area contributed by atoms with Gasteiger partial charge in [-0.1, -0.05) is 78.4 Å². The van der Waals surface area contributed by atoms with E-state index in [4.69, 9.17) is 9.47 Å². The van der Waals surface area contributed by atoms with Crippen LogP contribution in [0.4, 0.5) is 74.6 Å². The molecule has 1 aromatic carbocycles. The average Bonchev–Trinajstić information content (AvgIpc) is 3.04. The van der Waals surface area contributed by atoms with Gasteiger partial charge in [0.2, 0.25) is 0 Å². The Bertz CT molecular complexity index is 1230. The molecule has 53 heavy (non-hydrogen) atoms. The van der Waals surface area contributed by atoms with Crippen molar-refractivity contribution in [3.63, 3.8) is 0 Å². The Morgan fingerprint density at radius 3 is 1.43 bits per heavy atom. The highest BCUT2D eigenvalue weighted by molar-refractivity contribution is 5.27. The van der Waals surface area contributed by atoms with Gasteiger partial charge in [-0.05, 0) is 55.2 Å². The monoisotopic (exact) mass is 808 g/mol. The number of alkyl halides is 17. The normalized spacial score (nSPS) is 16.7. The second kappa shape index (κ2) is 18.2. The minimum atomic E-state index is -8.64. The topological polar surface area (TPSA) is 18.5 Å². The average molecular weight is 809 g/mol. The second-order valence-electron chi connectivity index (χ2n) is 13.7. The van der Waals surface area contributed by atoms with Crippen LogP contribution in [-0.4, -0.2) is 60.3 Å². The molecule has 0 heterocycles. The van der Waals surface area contributed by atoms with Crippen molar-refractivity contribution in [3.8, 4) is 5.75 Å². The highest BCUT2D eigenvalue weighted by Crippen LogP contribution is 2.64. The molecule has 0 saturated carbocycles. The van der Waals surface area contributed by atoms with Crippen LogP contribution in [0.25, 0.3) is 0 Å². The molecule has 312 valence electrons. The molecule has 0 aliphatic heterocycles. The van der Waals surface area contributed by atoms with E-state index in [1.807, 2.05) is 6.92 Å². The summed E-state index contributed by atoms with van der Waals surface area (Å²) in [5, 5.41) is 0. The van der Waals surface area contributed by atoms with Gasteiger partial charge < -0.3 is 9.47 Å². The van der Waals surface area contributed by atoms with Gasteiger partial charge in [0.15, 0.2) is 0 Å². The van der Waals surface area contributed by atoms with Gasteiger partial charge in [0.05, 0.1) is 19.3 Å². The maximum atomic E-state index is 14.1. The van der Waals surface area contributed by atoms with E-state index in [1.54, 1.807) is 0 Å². The predicted molar refractivity (Wildman–Crippen MR) is 162 cm³/mol. The van der Waals surface area contributed by atoms with Crippen LogP contribution in [0.1, 0.15) is 98.0 Å². The summed E-state index contributed by atoms with van der Waals surface area (Å²) in [7, 11) is 0. The molecule has 2 nitrogen and oxygen atoms in total. The van der Waals surface area contributed by atoms with Crippen LogP contribution in [-0.2, 0) is 11.3 Å². The van der Waals surface area contributed by atoms with E-state index in [9.17, 15) is 74.6 Å². The SMILES string of the molecule is CC[C@@H](C)CCC[C@@H](C)CCC[C@@H](C)[C@@H](C)OCc1ccc(OCCCC(F)(F)C(F)(F)C(F)(F)C(F)(F)C(F)(F)C(F)(F)C(F)(F)C(F)(F)F)cc1. The lowest BCUT2D eigenvalue weighted by Crippen LogP contribution is -2.74. The Balaban J connectivity index is 2.73. The first-order chi connectivity index (χ1) is 23.9. The molecule has 4 atom stereocenters. The molecule has 0 aliphatic rings. The molecular weight excluding hydrogens is 763 g/mol. The molecule has 0 saturated heterocycles. The lowest BCUT2D eigenvalue weighted by atomic mass is 9.88. The van der Waals surface area contributed by atoms with Crippen LogP contribution >= 0.6 is 0 Å². The van der Waals surface area contributed by atoms with E-state index in [0.717, 1.165) is 25.2 Å². The van der Waals surface area contributed by atoms with Crippen LogP contribution in [0.5, 0.6) is 5.75 Å². The zero-order chi connectivity index (χ0) is 41.5. The van der Waals surface area contributed by atoms with Gasteiger partial charge in [-0.3, -0.25) is 0 Å². The lowest BCUT2D eigenvalue weighted by Gasteiger charge is -2.42. The summed E-state index contributed by atoms with van der Waals surface area (Å²) in [6.45, 7) is 9.76. The smallest absolute Gasteiger partial charge is 0.460 e. The quantitative estimate of drug-likeness (QED) is 0.0765. The van der Waals surface area contributed by atoms with Crippen molar-refractivity contribution < 1.29 is 84.1 Å². The standard InChI is InChI=1S/C34H45F17O2/c1-6-21(2)10-7-11-22(3)12-8-13-23(4)24(5)53-20-25-14-16-26(17-15-25)52-19-9-18-27(35,36)28(37,38)29(39,40)30(41,42)31(43,44)32(45,46)33(47,48)34(49,50)51/h14-17,21-24H,6-13,18-20H2,1-5H3/t21-,22-,23-,24-/m1/s1. The van der Waals surface area contributed by atoms with E-state index in [2.05, 4.69) is 27.7 Å². The zero-order valence-electron chi connectivity index (χ0n) is 29.6. The van der Waals surface area contributed by atoms with Gasteiger partial charge in [0, 0.05) is 6.42 Å². The molecule has 1 aromatic rings. The first-order valence-electron chi connectivity index (χ1n) is 16.9. The predicted octanol–water partition coefficient (Wildman–Crippen LogP) is 13.4. The maximum Gasteiger partial charge on any atom is 0.460 e. The summed E-state index contributed by atoms with van der Waals surface area (Å²) in [5.74, 6) is -54.8. The van der Waals surface area contributed by atoms with Crippen LogP contribution in [0.3, 0.4) is 0 Å². The van der Waals surface area contributed by atoms with Crippen molar-refractivity contribution in [1.29, 1.82) is 0 Å². The summed E-state index contributed by atoms with van der Waals surface area (Å²) >= 11 is 0. The summed E-state index contributed by atoms with van der Waals surface area (Å²) in [6, 6.07) is 5.49. The Hall–Kier alpha value is -2.21. The van der Waals surface area contributed by atoms with Crippen molar-refractivity contribution in [3.05, 3.63) is 29.8 Å². The molecule has 19 heteroatoms. The van der Waals surface area contributed by atoms with E-state index in [1.165, 1.54) is 49.9 Å². The number of rotatable bonds is 24. The van der Waals surface area contributed by atoms with Crippen molar-refractivity contribution in [2.45, 2.75) is 153 Å². The number of hydrogen-bond acceptors (Lipinski definition) is 2. The van der Waals surface area contributed by atoms with E-state index in [-0.39, 0.29) is 24.4 Å². The van der Waals surface area contributed by atoms with Gasteiger partial charge in [-0.15, -0.1) is 0 Å². The third-order valence-corrected chi connectivity index (χ3v) is 9.38. The number of hydrogen-bond donors (Lipinski definition) is 0. The van der Waals surface area contributed by atoms with Crippen molar-refractivity contribution in [1.82, 2.24) is 0 Å². The first-order valence-corrected chi connectivity index (χ1v) is 16.9. The largest absolute Gasteiger partial charge is 0.494 e. The van der Waals surface area contributed by atoms with Crippen LogP contribution in [0, 0.1) is 17.8 Å². The van der Waals surface area contributed by atoms with E-state index in [0.29, 0.717) is 11.5 Å². The van der Waals surface area contributed by atoms with Gasteiger partial charge in [-0.2, -0.15) is 74.6 Å². The number of ether oxygens (including phenoxy) is 2. The van der Waals surface area contributed by atoms with Crippen LogP contribution < -0.4 is 4.74 Å². The third kappa shape index (κ3) is 11.0. The zero-order valence-corrected chi connectivity index (χ0v) is 29.6. The lowest BCUT2D eigenvalue weighted by molar-refractivity contribution is -0.461. The fraction of sp³-hybridized carbons (Fsp3) is 0.824. The van der Waals surface area contributed by atoms with Gasteiger partial charge >= 0.3 is 47.6 Å². The van der Waals surface area contributed by atoms with E-state index >= 15 is 0 Å². The Morgan fingerprint density at radius 1 is 0.528 bits per heavy atom. The molecule has 1 rings (SSSR count). The molecule has 0 aliphatic carbocycles. The van der Waals surface area contributed by atoms with Crippen molar-refractivity contribution in [2.75, 3.05) is 6.61 Å². The number of halogens is 17. The van der Waals surface area contributed by atoms with Gasteiger partial charge in [-0.25, -0.2) is 0 Å². The van der Waals surface area contributed by atoms with Gasteiger partial charge in [0.1, 0.15) is 5.75 Å². The summed E-state index contributed by atoms with van der Waals surface area (Å²) in [6.07, 6.45) is -3.99. The molecule has 0 amide bonds. The molecular formula is C34H45F17O2. The van der Waals surface area contributed by atoms with Crippen molar-refractivity contribution in [2.24, 2.45) is 17.8 Å². The Kier molecular flexibility index (Phi) is 16.7. The fourth-order valence-electron chi connectivity index (χ4n) is 5.10. The molecule has 0 aromatic heterocycles. The Morgan fingerprint density at radius 2 is 0.962 bits per heavy atom. The molecule has 0 N–H and O–H groups in total. The third-order valence-electron chi connectivity index (χ3n) is 9.38. The minimum absolute atomic E-state index is 0.0900. The van der Waals surface area contributed by atoms with Gasteiger partial charge in [0.25, 0.3) is 0 Å². The fourth-order valence-corrected chi connectivity index (χ4v) is 5.10. The van der Waals surface area contributed by atoms with Crippen molar-refractivity contribution >= 4 is 0 Å². The minimum Gasteiger partial charge on any atom is -0.494 e. The summed E-state index contributed by atoms with van der Waals surface area (Å²) in [5.41, 5.74) is 0.621. The molecule has 0 bridgehead atoms. The van der Waals surface area contributed by atoms with Crippen LogP contribution in [0.15, 0.2) is 24.3 Å². The second-order valence-corrected chi connectivity index (χ2v) is 13.7. The summed E-state index contributed by atoms with van der Waals surface area (Å²) in [4.78, 5) is 0. The number of benzene rings is 1. The highest BCUT2D eigenvalue weighted by atomic mass is 19.4. The molecule has 0 fully saturated rings. The Labute approximate surface area is 297 Å². The maximum absolute atomic E-state index is 14.1. The molecule has 0 spiro atoms. The highest BCUT2D eigenvalue weighted by Gasteiger charge is 2.95. The first kappa shape index (κ1) is 48.8.